The van der Waals surface area contributed by atoms with E-state index in [1.165, 1.54) is 0 Å². The lowest BCUT2D eigenvalue weighted by molar-refractivity contribution is -0.120. The van der Waals surface area contributed by atoms with Crippen molar-refractivity contribution in [3.8, 4) is 0 Å². The SMILES string of the molecule is CC(C)C(CNC(=O)Cc1cn2ccccc2n1)C(C)C. The Hall–Kier alpha value is -1.84. The molecule has 0 radical (unpaired) electrons. The van der Waals surface area contributed by atoms with Crippen LogP contribution in [-0.4, -0.2) is 21.8 Å². The van der Waals surface area contributed by atoms with Crippen LogP contribution in [0.1, 0.15) is 33.4 Å². The van der Waals surface area contributed by atoms with Crippen molar-refractivity contribution < 1.29 is 4.79 Å². The van der Waals surface area contributed by atoms with E-state index in [0.29, 0.717) is 24.2 Å². The molecule has 0 saturated heterocycles. The van der Waals surface area contributed by atoms with Crippen LogP contribution in [0.5, 0.6) is 0 Å². The van der Waals surface area contributed by atoms with E-state index >= 15 is 0 Å². The van der Waals surface area contributed by atoms with Gasteiger partial charge in [0.1, 0.15) is 5.65 Å². The van der Waals surface area contributed by atoms with Gasteiger partial charge in [-0.3, -0.25) is 4.79 Å². The lowest BCUT2D eigenvalue weighted by atomic mass is 9.85. The Balaban J connectivity index is 1.92. The first-order chi connectivity index (χ1) is 9.97. The predicted molar refractivity (Wildman–Crippen MR) is 85.1 cm³/mol. The van der Waals surface area contributed by atoms with Gasteiger partial charge in [0.15, 0.2) is 0 Å². The minimum atomic E-state index is 0.0460. The third-order valence-corrected chi connectivity index (χ3v) is 4.00. The number of aromatic nitrogens is 2. The Morgan fingerprint density at radius 1 is 1.24 bits per heavy atom. The van der Waals surface area contributed by atoms with E-state index in [4.69, 9.17) is 0 Å². The third-order valence-electron chi connectivity index (χ3n) is 4.00. The molecule has 0 bridgehead atoms. The first-order valence-electron chi connectivity index (χ1n) is 7.66. The van der Waals surface area contributed by atoms with Crippen LogP contribution in [0.2, 0.25) is 0 Å². The van der Waals surface area contributed by atoms with Gasteiger partial charge in [-0.25, -0.2) is 4.98 Å². The number of hydrogen-bond donors (Lipinski definition) is 1. The number of nitrogens with one attached hydrogen (secondary N) is 1. The zero-order valence-electron chi connectivity index (χ0n) is 13.3. The topological polar surface area (TPSA) is 46.4 Å². The summed E-state index contributed by atoms with van der Waals surface area (Å²) < 4.78 is 1.94. The van der Waals surface area contributed by atoms with Crippen LogP contribution in [0.4, 0.5) is 0 Å². The molecule has 0 spiro atoms. The highest BCUT2D eigenvalue weighted by atomic mass is 16.1. The van der Waals surface area contributed by atoms with Crippen molar-refractivity contribution in [1.82, 2.24) is 14.7 Å². The molecule has 2 aromatic heterocycles. The molecule has 1 N–H and O–H groups in total. The average Bonchev–Trinajstić information content (AvgIpc) is 2.79. The summed E-state index contributed by atoms with van der Waals surface area (Å²) in [7, 11) is 0. The molecule has 114 valence electrons. The largest absolute Gasteiger partial charge is 0.355 e. The number of carbonyl (C=O) groups is 1. The average molecular weight is 287 g/mol. The summed E-state index contributed by atoms with van der Waals surface area (Å²) in [4.78, 5) is 16.5. The van der Waals surface area contributed by atoms with Crippen LogP contribution in [0.3, 0.4) is 0 Å². The van der Waals surface area contributed by atoms with Gasteiger partial charge < -0.3 is 9.72 Å². The summed E-state index contributed by atoms with van der Waals surface area (Å²) in [5, 5.41) is 3.05. The fraction of sp³-hybridized carbons (Fsp3) is 0.529. The number of imidazole rings is 1. The van der Waals surface area contributed by atoms with Crippen LogP contribution in [0.15, 0.2) is 30.6 Å². The van der Waals surface area contributed by atoms with Crippen molar-refractivity contribution in [3.63, 3.8) is 0 Å². The van der Waals surface area contributed by atoms with Gasteiger partial charge in [0, 0.05) is 18.9 Å². The maximum atomic E-state index is 12.1. The van der Waals surface area contributed by atoms with E-state index in [1.807, 2.05) is 35.0 Å². The van der Waals surface area contributed by atoms with Gasteiger partial charge in [-0.05, 0) is 29.9 Å². The predicted octanol–water partition coefficient (Wildman–Crippen LogP) is 2.92. The summed E-state index contributed by atoms with van der Waals surface area (Å²) in [6.45, 7) is 9.57. The molecule has 0 aliphatic carbocycles. The molecule has 4 nitrogen and oxygen atoms in total. The number of carbonyl (C=O) groups excluding carboxylic acids is 1. The van der Waals surface area contributed by atoms with Crippen LogP contribution in [0, 0.1) is 17.8 Å². The smallest absolute Gasteiger partial charge is 0.226 e. The van der Waals surface area contributed by atoms with Gasteiger partial charge >= 0.3 is 0 Å². The van der Waals surface area contributed by atoms with E-state index in [9.17, 15) is 4.79 Å². The standard InChI is InChI=1S/C17H25N3O/c1-12(2)15(13(3)4)10-18-17(21)9-14-11-20-8-6-5-7-16(20)19-14/h5-8,11-13,15H,9-10H2,1-4H3,(H,18,21). The maximum absolute atomic E-state index is 12.1. The molecular formula is C17H25N3O. The Morgan fingerprint density at radius 2 is 1.95 bits per heavy atom. The highest BCUT2D eigenvalue weighted by molar-refractivity contribution is 5.78. The van der Waals surface area contributed by atoms with Crippen molar-refractivity contribution in [3.05, 3.63) is 36.3 Å². The van der Waals surface area contributed by atoms with Gasteiger partial charge in [-0.15, -0.1) is 0 Å². The molecule has 1 amide bonds. The molecule has 0 aliphatic rings. The van der Waals surface area contributed by atoms with Crippen molar-refractivity contribution >= 4 is 11.6 Å². The molecule has 0 unspecified atom stereocenters. The zero-order valence-corrected chi connectivity index (χ0v) is 13.3. The number of amides is 1. The molecule has 2 aromatic rings. The molecule has 0 aliphatic heterocycles. The van der Waals surface area contributed by atoms with Gasteiger partial charge in [-0.2, -0.15) is 0 Å². The van der Waals surface area contributed by atoms with E-state index in [0.717, 1.165) is 17.9 Å². The van der Waals surface area contributed by atoms with E-state index in [1.54, 1.807) is 0 Å². The number of rotatable bonds is 6. The van der Waals surface area contributed by atoms with Crippen LogP contribution in [0.25, 0.3) is 5.65 Å². The second kappa shape index (κ2) is 6.74. The first-order valence-corrected chi connectivity index (χ1v) is 7.66. The van der Waals surface area contributed by atoms with Gasteiger partial charge in [-0.1, -0.05) is 33.8 Å². The molecule has 2 rings (SSSR count). The quantitative estimate of drug-likeness (QED) is 0.888. The molecular weight excluding hydrogens is 262 g/mol. The van der Waals surface area contributed by atoms with Crippen LogP contribution < -0.4 is 5.32 Å². The van der Waals surface area contributed by atoms with E-state index in [-0.39, 0.29) is 5.91 Å². The summed E-state index contributed by atoms with van der Waals surface area (Å²) in [5.41, 5.74) is 1.69. The Morgan fingerprint density at radius 3 is 2.57 bits per heavy atom. The maximum Gasteiger partial charge on any atom is 0.226 e. The third kappa shape index (κ3) is 4.06. The minimum absolute atomic E-state index is 0.0460. The molecule has 2 heterocycles. The summed E-state index contributed by atoms with van der Waals surface area (Å²) in [6, 6.07) is 5.84. The number of hydrogen-bond acceptors (Lipinski definition) is 2. The molecule has 0 atom stereocenters. The molecule has 0 fully saturated rings. The van der Waals surface area contributed by atoms with Gasteiger partial charge in [0.2, 0.25) is 5.91 Å². The molecule has 21 heavy (non-hydrogen) atoms. The summed E-state index contributed by atoms with van der Waals surface area (Å²) in [5.74, 6) is 1.70. The normalized spacial score (nSPS) is 11.8. The monoisotopic (exact) mass is 287 g/mol. The van der Waals surface area contributed by atoms with Gasteiger partial charge in [0.25, 0.3) is 0 Å². The van der Waals surface area contributed by atoms with Crippen molar-refractivity contribution in [1.29, 1.82) is 0 Å². The van der Waals surface area contributed by atoms with Crippen LogP contribution >= 0.6 is 0 Å². The van der Waals surface area contributed by atoms with Crippen molar-refractivity contribution in [2.75, 3.05) is 6.54 Å². The Bertz CT molecular complexity index is 560. The Labute approximate surface area is 126 Å². The summed E-state index contributed by atoms with van der Waals surface area (Å²) in [6.07, 6.45) is 4.19. The summed E-state index contributed by atoms with van der Waals surface area (Å²) >= 11 is 0. The van der Waals surface area contributed by atoms with E-state index < -0.39 is 0 Å². The molecule has 0 saturated carbocycles. The first kappa shape index (κ1) is 15.5. The lowest BCUT2D eigenvalue weighted by Gasteiger charge is -2.24. The number of pyridine rings is 1. The fourth-order valence-corrected chi connectivity index (χ4v) is 2.77. The number of nitrogens with zero attached hydrogens (tertiary/aromatic N) is 2. The minimum Gasteiger partial charge on any atom is -0.355 e. The highest BCUT2D eigenvalue weighted by Crippen LogP contribution is 2.19. The highest BCUT2D eigenvalue weighted by Gasteiger charge is 2.18. The molecule has 0 aromatic carbocycles. The number of fused-ring (bicyclic) bond motifs is 1. The van der Waals surface area contributed by atoms with Gasteiger partial charge in [0.05, 0.1) is 12.1 Å². The zero-order chi connectivity index (χ0) is 15.4. The van der Waals surface area contributed by atoms with E-state index in [2.05, 4.69) is 38.0 Å². The Kier molecular flexibility index (Phi) is 4.99. The fourth-order valence-electron chi connectivity index (χ4n) is 2.77. The van der Waals surface area contributed by atoms with Crippen molar-refractivity contribution in [2.24, 2.45) is 17.8 Å². The van der Waals surface area contributed by atoms with Crippen molar-refractivity contribution in [2.45, 2.75) is 34.1 Å². The molecule has 4 heteroatoms. The lowest BCUT2D eigenvalue weighted by Crippen LogP contribution is -2.34. The second-order valence-electron chi connectivity index (χ2n) is 6.33. The van der Waals surface area contributed by atoms with Crippen LogP contribution in [-0.2, 0) is 11.2 Å². The second-order valence-corrected chi connectivity index (χ2v) is 6.33.